The zero-order chi connectivity index (χ0) is 11.5. The van der Waals surface area contributed by atoms with E-state index < -0.39 is 0 Å². The van der Waals surface area contributed by atoms with E-state index in [0.717, 1.165) is 0 Å². The van der Waals surface area contributed by atoms with E-state index in [1.165, 1.54) is 18.1 Å². The van der Waals surface area contributed by atoms with E-state index in [4.69, 9.17) is 14.9 Å². The molecule has 16 heavy (non-hydrogen) atoms. The number of methoxy groups -OCH3 is 1. The van der Waals surface area contributed by atoms with Crippen LogP contribution in [-0.2, 0) is 11.5 Å². The number of ether oxygens (including phenoxy) is 1. The number of aromatic nitrogens is 2. The maximum absolute atomic E-state index is 10.9. The van der Waals surface area contributed by atoms with Crippen LogP contribution in [0.5, 0.6) is 0 Å². The molecule has 2 heterocycles. The van der Waals surface area contributed by atoms with Gasteiger partial charge in [0.2, 0.25) is 0 Å². The lowest BCUT2D eigenvalue weighted by atomic mass is 10.2. The summed E-state index contributed by atoms with van der Waals surface area (Å²) in [6, 6.07) is 3.43. The quantitative estimate of drug-likeness (QED) is 0.783. The van der Waals surface area contributed by atoms with E-state index in [9.17, 15) is 4.79 Å². The van der Waals surface area contributed by atoms with Gasteiger partial charge in [0, 0.05) is 7.11 Å². The molecular weight excluding hydrogens is 210 g/mol. The van der Waals surface area contributed by atoms with Gasteiger partial charge >= 0.3 is 0 Å². The molecule has 0 aliphatic heterocycles. The highest BCUT2D eigenvalue weighted by Gasteiger charge is 2.18. The van der Waals surface area contributed by atoms with Gasteiger partial charge in [0.05, 0.1) is 11.8 Å². The van der Waals surface area contributed by atoms with Crippen molar-refractivity contribution in [1.82, 2.24) is 9.78 Å². The minimum atomic E-state index is 0.188. The summed E-state index contributed by atoms with van der Waals surface area (Å²) in [5.74, 6) is 0.770. The smallest absolute Gasteiger partial charge is 0.156 e. The number of furan rings is 1. The second-order valence-electron chi connectivity index (χ2n) is 3.16. The maximum Gasteiger partial charge on any atom is 0.156 e. The van der Waals surface area contributed by atoms with Crippen LogP contribution in [0.4, 0.5) is 5.82 Å². The van der Waals surface area contributed by atoms with Crippen molar-refractivity contribution in [3.63, 3.8) is 0 Å². The molecule has 6 nitrogen and oxygen atoms in total. The van der Waals surface area contributed by atoms with Gasteiger partial charge in [0.1, 0.15) is 18.2 Å². The Morgan fingerprint density at radius 1 is 1.69 bits per heavy atom. The third kappa shape index (κ3) is 1.59. The number of nitrogens with zero attached hydrogens (tertiary/aromatic N) is 2. The van der Waals surface area contributed by atoms with Gasteiger partial charge in [-0.2, -0.15) is 5.10 Å². The van der Waals surface area contributed by atoms with Crippen LogP contribution < -0.4 is 5.73 Å². The average molecular weight is 221 g/mol. The highest BCUT2D eigenvalue weighted by atomic mass is 16.5. The summed E-state index contributed by atoms with van der Waals surface area (Å²) in [6.45, 7) is 0.188. The number of hydrogen-bond donors (Lipinski definition) is 1. The maximum atomic E-state index is 10.9. The molecule has 0 spiro atoms. The second kappa shape index (κ2) is 4.19. The standard InChI is InChI=1S/C10H11N3O3/c1-15-6-13-10(11)7(5-14)9(12-13)8-3-2-4-16-8/h2-5H,6,11H2,1H3. The molecule has 84 valence electrons. The predicted octanol–water partition coefficient (Wildman–Crippen LogP) is 1.14. The van der Waals surface area contributed by atoms with Crippen LogP contribution in [0.1, 0.15) is 10.4 Å². The van der Waals surface area contributed by atoms with E-state index >= 15 is 0 Å². The molecule has 0 unspecified atom stereocenters. The molecule has 0 aliphatic rings. The van der Waals surface area contributed by atoms with Crippen molar-refractivity contribution in [2.75, 3.05) is 12.8 Å². The van der Waals surface area contributed by atoms with Crippen LogP contribution in [0.2, 0.25) is 0 Å². The third-order valence-electron chi connectivity index (χ3n) is 2.15. The Balaban J connectivity index is 2.53. The molecule has 0 aliphatic carbocycles. The summed E-state index contributed by atoms with van der Waals surface area (Å²) in [6.07, 6.45) is 2.17. The summed E-state index contributed by atoms with van der Waals surface area (Å²) in [5.41, 5.74) is 6.49. The summed E-state index contributed by atoms with van der Waals surface area (Å²) >= 11 is 0. The van der Waals surface area contributed by atoms with Crippen LogP contribution in [0.25, 0.3) is 11.5 Å². The fourth-order valence-electron chi connectivity index (χ4n) is 1.42. The number of carbonyl (C=O) groups is 1. The van der Waals surface area contributed by atoms with Gasteiger partial charge in [-0.25, -0.2) is 4.68 Å². The largest absolute Gasteiger partial charge is 0.463 e. The molecule has 0 bridgehead atoms. The number of anilines is 1. The molecule has 0 saturated carbocycles. The monoisotopic (exact) mass is 221 g/mol. The highest BCUT2D eigenvalue weighted by molar-refractivity contribution is 5.90. The number of nitrogen functional groups attached to an aromatic ring is 1. The van der Waals surface area contributed by atoms with Crippen molar-refractivity contribution in [2.45, 2.75) is 6.73 Å². The summed E-state index contributed by atoms with van der Waals surface area (Å²) in [4.78, 5) is 10.9. The van der Waals surface area contributed by atoms with Crippen LogP contribution in [0, 0.1) is 0 Å². The topological polar surface area (TPSA) is 83.3 Å². The Kier molecular flexibility index (Phi) is 2.74. The molecule has 0 radical (unpaired) electrons. The Morgan fingerprint density at radius 2 is 2.50 bits per heavy atom. The normalized spacial score (nSPS) is 10.6. The summed E-state index contributed by atoms with van der Waals surface area (Å²) in [5, 5.41) is 4.15. The predicted molar refractivity (Wildman–Crippen MR) is 56.7 cm³/mol. The first-order valence-electron chi connectivity index (χ1n) is 4.62. The van der Waals surface area contributed by atoms with Crippen molar-refractivity contribution in [2.24, 2.45) is 0 Å². The van der Waals surface area contributed by atoms with E-state index in [0.29, 0.717) is 23.3 Å². The molecule has 2 rings (SSSR count). The molecule has 2 aromatic rings. The van der Waals surface area contributed by atoms with Gasteiger partial charge in [0.15, 0.2) is 12.0 Å². The fraction of sp³-hybridized carbons (Fsp3) is 0.200. The number of rotatable bonds is 4. The van der Waals surface area contributed by atoms with Crippen LogP contribution >= 0.6 is 0 Å². The van der Waals surface area contributed by atoms with Crippen molar-refractivity contribution >= 4 is 12.1 Å². The van der Waals surface area contributed by atoms with Crippen molar-refractivity contribution < 1.29 is 13.9 Å². The van der Waals surface area contributed by atoms with E-state index in [2.05, 4.69) is 5.10 Å². The lowest BCUT2D eigenvalue weighted by Crippen LogP contribution is -2.06. The molecule has 0 aromatic carbocycles. The van der Waals surface area contributed by atoms with Gasteiger partial charge in [-0.1, -0.05) is 0 Å². The molecular formula is C10H11N3O3. The molecule has 0 amide bonds. The van der Waals surface area contributed by atoms with Gasteiger partial charge in [-0.3, -0.25) is 4.79 Å². The van der Waals surface area contributed by atoms with E-state index in [1.54, 1.807) is 12.1 Å². The zero-order valence-electron chi connectivity index (χ0n) is 8.71. The van der Waals surface area contributed by atoms with Crippen LogP contribution in [0.15, 0.2) is 22.8 Å². The fourth-order valence-corrected chi connectivity index (χ4v) is 1.42. The number of nitrogens with two attached hydrogens (primary N) is 1. The zero-order valence-corrected chi connectivity index (χ0v) is 8.71. The minimum Gasteiger partial charge on any atom is -0.463 e. The van der Waals surface area contributed by atoms with Crippen LogP contribution in [0.3, 0.4) is 0 Å². The number of carbonyl (C=O) groups excluding carboxylic acids is 1. The Bertz CT molecular complexity index is 488. The van der Waals surface area contributed by atoms with Crippen molar-refractivity contribution in [3.05, 3.63) is 24.0 Å². The number of hydrogen-bond acceptors (Lipinski definition) is 5. The number of aldehydes is 1. The summed E-state index contributed by atoms with van der Waals surface area (Å²) < 4.78 is 11.5. The van der Waals surface area contributed by atoms with Gasteiger partial charge in [0.25, 0.3) is 0 Å². The first kappa shape index (κ1) is 10.4. The Morgan fingerprint density at radius 3 is 3.06 bits per heavy atom. The third-order valence-corrected chi connectivity index (χ3v) is 2.15. The summed E-state index contributed by atoms with van der Waals surface area (Å²) in [7, 11) is 1.52. The van der Waals surface area contributed by atoms with Gasteiger partial charge in [-0.05, 0) is 12.1 Å². The Labute approximate surface area is 91.6 Å². The first-order chi connectivity index (χ1) is 7.77. The van der Waals surface area contributed by atoms with E-state index in [-0.39, 0.29) is 12.5 Å². The molecule has 2 N–H and O–H groups in total. The van der Waals surface area contributed by atoms with Crippen molar-refractivity contribution in [3.8, 4) is 11.5 Å². The van der Waals surface area contributed by atoms with Gasteiger partial charge in [-0.15, -0.1) is 0 Å². The van der Waals surface area contributed by atoms with Gasteiger partial charge < -0.3 is 14.9 Å². The minimum absolute atomic E-state index is 0.188. The molecule has 0 atom stereocenters. The Hall–Kier alpha value is -2.08. The first-order valence-corrected chi connectivity index (χ1v) is 4.62. The lowest BCUT2D eigenvalue weighted by molar-refractivity contribution is 0.112. The highest BCUT2D eigenvalue weighted by Crippen LogP contribution is 2.25. The molecule has 2 aromatic heterocycles. The second-order valence-corrected chi connectivity index (χ2v) is 3.16. The molecule has 0 fully saturated rings. The SMILES string of the molecule is COCn1nc(-c2ccco2)c(C=O)c1N. The van der Waals surface area contributed by atoms with Crippen LogP contribution in [-0.4, -0.2) is 23.2 Å². The molecule has 0 saturated heterocycles. The van der Waals surface area contributed by atoms with E-state index in [1.807, 2.05) is 0 Å². The average Bonchev–Trinajstić information content (AvgIpc) is 2.88. The lowest BCUT2D eigenvalue weighted by Gasteiger charge is -2.00. The van der Waals surface area contributed by atoms with Crippen molar-refractivity contribution in [1.29, 1.82) is 0 Å². The molecule has 6 heteroatoms.